The minimum atomic E-state index is -1.58. The molecule has 1 aromatic rings. The van der Waals surface area contributed by atoms with Crippen molar-refractivity contribution in [3.05, 3.63) is 29.8 Å². The molecule has 17 heavy (non-hydrogen) atoms. The van der Waals surface area contributed by atoms with Crippen LogP contribution < -0.4 is 4.90 Å². The lowest BCUT2D eigenvalue weighted by Gasteiger charge is -2.23. The van der Waals surface area contributed by atoms with Crippen LogP contribution in [0.4, 0.5) is 5.69 Å². The summed E-state index contributed by atoms with van der Waals surface area (Å²) in [6.45, 7) is 3.95. The molecule has 0 aliphatic carbocycles. The van der Waals surface area contributed by atoms with E-state index in [9.17, 15) is 15.0 Å². The highest BCUT2D eigenvalue weighted by molar-refractivity contribution is 6.06. The molecule has 4 heteroatoms. The van der Waals surface area contributed by atoms with Crippen LogP contribution >= 0.6 is 0 Å². The highest BCUT2D eigenvalue weighted by Crippen LogP contribution is 2.42. The predicted octanol–water partition coefficient (Wildman–Crippen LogP) is 1.01. The lowest BCUT2D eigenvalue weighted by atomic mass is 9.90. The maximum atomic E-state index is 12.2. The fourth-order valence-electron chi connectivity index (χ4n) is 2.45. The number of carbonyl (C=O) groups is 1. The molecular formula is C13H17NO3. The lowest BCUT2D eigenvalue weighted by Crippen LogP contribution is -2.42. The van der Waals surface area contributed by atoms with E-state index in [4.69, 9.17) is 0 Å². The third-order valence-electron chi connectivity index (χ3n) is 3.15. The monoisotopic (exact) mass is 235 g/mol. The number of benzene rings is 1. The molecule has 1 aliphatic heterocycles. The normalized spacial score (nSPS) is 24.9. The molecule has 0 unspecified atom stereocenters. The summed E-state index contributed by atoms with van der Waals surface area (Å²) in [4.78, 5) is 13.8. The van der Waals surface area contributed by atoms with Gasteiger partial charge >= 0.3 is 0 Å². The van der Waals surface area contributed by atoms with Crippen LogP contribution in [0, 0.1) is 0 Å². The molecule has 0 bridgehead atoms. The van der Waals surface area contributed by atoms with Crippen LogP contribution in [0.1, 0.15) is 25.8 Å². The Labute approximate surface area is 100 Å². The van der Waals surface area contributed by atoms with Gasteiger partial charge in [0.25, 0.3) is 5.91 Å². The largest absolute Gasteiger partial charge is 0.393 e. The molecule has 2 rings (SSSR count). The molecule has 0 fully saturated rings. The van der Waals surface area contributed by atoms with Crippen LogP contribution in [-0.2, 0) is 10.4 Å². The SMILES string of the molecule is CCN1C(=O)[C@@](O)(C[C@H](C)O)c2ccccc21. The number of anilines is 1. The van der Waals surface area contributed by atoms with Crippen molar-refractivity contribution in [2.24, 2.45) is 0 Å². The average Bonchev–Trinajstić information content (AvgIpc) is 2.48. The minimum Gasteiger partial charge on any atom is -0.393 e. The minimum absolute atomic E-state index is 0.0271. The van der Waals surface area contributed by atoms with Crippen molar-refractivity contribution in [2.45, 2.75) is 32.0 Å². The van der Waals surface area contributed by atoms with Crippen molar-refractivity contribution in [3.8, 4) is 0 Å². The molecule has 1 amide bonds. The van der Waals surface area contributed by atoms with Crippen LogP contribution in [-0.4, -0.2) is 28.8 Å². The van der Waals surface area contributed by atoms with Gasteiger partial charge in [-0.05, 0) is 19.9 Å². The van der Waals surface area contributed by atoms with Crippen molar-refractivity contribution >= 4 is 11.6 Å². The maximum absolute atomic E-state index is 12.2. The summed E-state index contributed by atoms with van der Waals surface area (Å²) < 4.78 is 0. The Morgan fingerprint density at radius 2 is 2.06 bits per heavy atom. The van der Waals surface area contributed by atoms with Gasteiger partial charge in [0.15, 0.2) is 5.60 Å². The number of para-hydroxylation sites is 1. The Kier molecular flexibility index (Phi) is 2.93. The summed E-state index contributed by atoms with van der Waals surface area (Å²) in [5.41, 5.74) is -0.253. The zero-order valence-electron chi connectivity index (χ0n) is 10.1. The quantitative estimate of drug-likeness (QED) is 0.822. The number of fused-ring (bicyclic) bond motifs is 1. The summed E-state index contributed by atoms with van der Waals surface area (Å²) in [7, 11) is 0. The topological polar surface area (TPSA) is 60.8 Å². The lowest BCUT2D eigenvalue weighted by molar-refractivity contribution is -0.139. The van der Waals surface area contributed by atoms with Gasteiger partial charge in [-0.3, -0.25) is 4.79 Å². The van der Waals surface area contributed by atoms with Gasteiger partial charge in [-0.15, -0.1) is 0 Å². The Morgan fingerprint density at radius 3 is 2.65 bits per heavy atom. The second-order valence-electron chi connectivity index (χ2n) is 4.48. The van der Waals surface area contributed by atoms with E-state index in [2.05, 4.69) is 0 Å². The first-order valence-corrected chi connectivity index (χ1v) is 5.82. The van der Waals surface area contributed by atoms with Gasteiger partial charge in [-0.25, -0.2) is 0 Å². The summed E-state index contributed by atoms with van der Waals surface area (Å²) >= 11 is 0. The first-order valence-electron chi connectivity index (χ1n) is 5.82. The van der Waals surface area contributed by atoms with Crippen LogP contribution in [0.5, 0.6) is 0 Å². The van der Waals surface area contributed by atoms with Gasteiger partial charge in [0, 0.05) is 18.5 Å². The Hall–Kier alpha value is -1.39. The van der Waals surface area contributed by atoms with E-state index in [0.29, 0.717) is 12.1 Å². The zero-order chi connectivity index (χ0) is 12.6. The second kappa shape index (κ2) is 4.13. The van der Waals surface area contributed by atoms with Crippen molar-refractivity contribution in [2.75, 3.05) is 11.4 Å². The molecule has 4 nitrogen and oxygen atoms in total. The summed E-state index contributed by atoms with van der Waals surface area (Å²) in [5.74, 6) is -0.345. The fourth-order valence-corrected chi connectivity index (χ4v) is 2.45. The van der Waals surface area contributed by atoms with E-state index < -0.39 is 11.7 Å². The number of hydrogen-bond acceptors (Lipinski definition) is 3. The first kappa shape index (κ1) is 12.1. The van der Waals surface area contributed by atoms with E-state index in [1.807, 2.05) is 19.1 Å². The van der Waals surface area contributed by atoms with Crippen LogP contribution in [0.2, 0.25) is 0 Å². The smallest absolute Gasteiger partial charge is 0.263 e. The van der Waals surface area contributed by atoms with Gasteiger partial charge in [-0.2, -0.15) is 0 Å². The van der Waals surface area contributed by atoms with Crippen molar-refractivity contribution in [1.82, 2.24) is 0 Å². The fraction of sp³-hybridized carbons (Fsp3) is 0.462. The van der Waals surface area contributed by atoms with Gasteiger partial charge in [0.1, 0.15) is 0 Å². The third-order valence-corrected chi connectivity index (χ3v) is 3.15. The van der Waals surface area contributed by atoms with Crippen molar-refractivity contribution < 1.29 is 15.0 Å². The molecule has 2 N–H and O–H groups in total. The maximum Gasteiger partial charge on any atom is 0.263 e. The Bertz CT molecular complexity index is 444. The number of likely N-dealkylation sites (N-methyl/N-ethyl adjacent to an activating group) is 1. The van der Waals surface area contributed by atoms with Crippen LogP contribution in [0.3, 0.4) is 0 Å². The summed E-state index contributed by atoms with van der Waals surface area (Å²) in [6.07, 6.45) is -0.701. The van der Waals surface area contributed by atoms with Gasteiger partial charge in [-0.1, -0.05) is 18.2 Å². The Balaban J connectivity index is 2.52. The second-order valence-corrected chi connectivity index (χ2v) is 4.48. The molecule has 0 saturated heterocycles. The molecule has 0 saturated carbocycles. The number of carbonyl (C=O) groups excluding carboxylic acids is 1. The van der Waals surface area contributed by atoms with E-state index in [1.165, 1.54) is 0 Å². The molecule has 1 aliphatic rings. The number of nitrogens with zero attached hydrogens (tertiary/aromatic N) is 1. The molecule has 1 heterocycles. The van der Waals surface area contributed by atoms with E-state index in [1.54, 1.807) is 24.0 Å². The van der Waals surface area contributed by atoms with Gasteiger partial charge in [0.05, 0.1) is 11.8 Å². The molecule has 0 radical (unpaired) electrons. The van der Waals surface area contributed by atoms with E-state index in [-0.39, 0.29) is 12.3 Å². The summed E-state index contributed by atoms with van der Waals surface area (Å²) in [6, 6.07) is 7.18. The first-order chi connectivity index (χ1) is 8.00. The van der Waals surface area contributed by atoms with Gasteiger partial charge in [0.2, 0.25) is 0 Å². The van der Waals surface area contributed by atoms with Crippen molar-refractivity contribution in [1.29, 1.82) is 0 Å². The number of rotatable bonds is 3. The number of aliphatic hydroxyl groups is 2. The summed E-state index contributed by atoms with van der Waals surface area (Å²) in [5, 5.41) is 20.0. The highest BCUT2D eigenvalue weighted by Gasteiger charge is 2.49. The molecular weight excluding hydrogens is 218 g/mol. The molecule has 0 aromatic heterocycles. The van der Waals surface area contributed by atoms with E-state index >= 15 is 0 Å². The molecule has 92 valence electrons. The average molecular weight is 235 g/mol. The third kappa shape index (κ3) is 1.73. The van der Waals surface area contributed by atoms with Crippen LogP contribution in [0.15, 0.2) is 24.3 Å². The Morgan fingerprint density at radius 1 is 1.41 bits per heavy atom. The molecule has 0 spiro atoms. The molecule has 1 aromatic carbocycles. The van der Waals surface area contributed by atoms with Gasteiger partial charge < -0.3 is 15.1 Å². The van der Waals surface area contributed by atoms with Crippen molar-refractivity contribution in [3.63, 3.8) is 0 Å². The number of hydrogen-bond donors (Lipinski definition) is 2. The predicted molar refractivity (Wildman–Crippen MR) is 64.7 cm³/mol. The number of aliphatic hydroxyl groups excluding tert-OH is 1. The molecule has 2 atom stereocenters. The number of amides is 1. The standard InChI is InChI=1S/C13H17NO3/c1-3-14-11-7-5-4-6-10(11)13(17,12(14)16)8-9(2)15/h4-7,9,15,17H,3,8H2,1-2H3/t9-,13+/m0/s1. The van der Waals surface area contributed by atoms with Crippen LogP contribution in [0.25, 0.3) is 0 Å². The highest BCUT2D eigenvalue weighted by atomic mass is 16.3. The van der Waals surface area contributed by atoms with E-state index in [0.717, 1.165) is 5.69 Å². The zero-order valence-corrected chi connectivity index (χ0v) is 10.1.